The number of hydrogen-bond donors (Lipinski definition) is 0. The normalized spacial score (nSPS) is 24.2. The zero-order valence-corrected chi connectivity index (χ0v) is 13.2. The highest BCUT2D eigenvalue weighted by atomic mass is 33.5. The Labute approximate surface area is 129 Å². The Balaban J connectivity index is 1.67. The van der Waals surface area contributed by atoms with Gasteiger partial charge in [0, 0.05) is 11.0 Å². The molecule has 0 spiro atoms. The molecule has 0 fully saturated rings. The van der Waals surface area contributed by atoms with Gasteiger partial charge in [-0.05, 0) is 17.2 Å². The van der Waals surface area contributed by atoms with E-state index in [4.69, 9.17) is 0 Å². The molecule has 0 saturated carbocycles. The molecule has 3 heteroatoms. The Morgan fingerprint density at radius 3 is 2.30 bits per heavy atom. The Kier molecular flexibility index (Phi) is 3.42. The van der Waals surface area contributed by atoms with Crippen LogP contribution in [0.3, 0.4) is 0 Å². The lowest BCUT2D eigenvalue weighted by Crippen LogP contribution is -1.86. The molecule has 0 radical (unpaired) electrons. The van der Waals surface area contributed by atoms with E-state index in [2.05, 4.69) is 82.9 Å². The number of fused-ring (bicyclic) bond motifs is 1. The van der Waals surface area contributed by atoms with Gasteiger partial charge in [-0.15, -0.1) is 0 Å². The van der Waals surface area contributed by atoms with Crippen molar-refractivity contribution in [3.63, 3.8) is 0 Å². The maximum absolute atomic E-state index is 2.46. The van der Waals surface area contributed by atoms with Crippen LogP contribution in [0, 0.1) is 0 Å². The fourth-order valence-electron chi connectivity index (χ4n) is 2.39. The molecule has 2 aliphatic heterocycles. The number of rotatable bonds is 2. The van der Waals surface area contributed by atoms with E-state index in [0.29, 0.717) is 5.25 Å². The second-order valence-corrected chi connectivity index (χ2v) is 10.5. The zero-order valence-electron chi connectivity index (χ0n) is 10.7. The summed E-state index contributed by atoms with van der Waals surface area (Å²) in [7, 11) is 4.33. The Morgan fingerprint density at radius 2 is 1.55 bits per heavy atom. The first-order valence-electron chi connectivity index (χ1n) is 6.53. The average molecular weight is 313 g/mol. The predicted molar refractivity (Wildman–Crippen MR) is 94.2 cm³/mol. The van der Waals surface area contributed by atoms with E-state index in [1.807, 2.05) is 10.8 Å². The molecule has 0 aliphatic carbocycles. The van der Waals surface area contributed by atoms with Crippen LogP contribution >= 0.6 is 21.6 Å². The van der Waals surface area contributed by atoms with Crippen molar-refractivity contribution in [3.8, 4) is 0 Å². The Bertz CT molecular complexity index is 674. The minimum Gasteiger partial charge on any atom is -0.0622 e. The highest BCUT2D eigenvalue weighted by Crippen LogP contribution is 2.59. The summed E-state index contributed by atoms with van der Waals surface area (Å²) in [5.74, 6) is 0. The van der Waals surface area contributed by atoms with Crippen molar-refractivity contribution < 1.29 is 0 Å². The first-order chi connectivity index (χ1) is 9.92. The summed E-state index contributed by atoms with van der Waals surface area (Å²) in [5, 5.41) is 2.84. The lowest BCUT2D eigenvalue weighted by Gasteiger charge is -2.01. The molecule has 0 bridgehead atoms. The lowest BCUT2D eigenvalue weighted by atomic mass is 10.1. The van der Waals surface area contributed by atoms with Crippen LogP contribution in [0.15, 0.2) is 77.1 Å². The molecule has 2 aromatic rings. The van der Waals surface area contributed by atoms with Gasteiger partial charge in [0.2, 0.25) is 0 Å². The molecule has 0 saturated heterocycles. The van der Waals surface area contributed by atoms with Crippen molar-refractivity contribution in [2.45, 2.75) is 5.25 Å². The first-order valence-corrected chi connectivity index (χ1v) is 10.5. The summed E-state index contributed by atoms with van der Waals surface area (Å²) >= 11 is 0. The summed E-state index contributed by atoms with van der Waals surface area (Å²) in [4.78, 5) is 1.53. The van der Waals surface area contributed by atoms with E-state index in [0.717, 1.165) is 0 Å². The van der Waals surface area contributed by atoms with Gasteiger partial charge in [0.25, 0.3) is 0 Å². The van der Waals surface area contributed by atoms with Crippen molar-refractivity contribution in [1.82, 2.24) is 0 Å². The Hall–Kier alpha value is -1.03. The van der Waals surface area contributed by atoms with Crippen LogP contribution in [-0.2, 0) is 8.96 Å². The van der Waals surface area contributed by atoms with E-state index >= 15 is 0 Å². The third kappa shape index (κ3) is 2.24. The minimum absolute atomic E-state index is 0.273. The second kappa shape index (κ2) is 5.40. The minimum atomic E-state index is 0.273. The molecular weight excluding hydrogens is 300 g/mol. The maximum atomic E-state index is 2.46. The van der Waals surface area contributed by atoms with Gasteiger partial charge >= 0.3 is 0 Å². The zero-order chi connectivity index (χ0) is 13.4. The average Bonchev–Trinajstić information content (AvgIpc) is 3.09. The molecule has 0 amide bonds. The van der Waals surface area contributed by atoms with Crippen LogP contribution in [0.2, 0.25) is 0 Å². The summed E-state index contributed by atoms with van der Waals surface area (Å²) in [6.45, 7) is 0. The molecule has 0 nitrogen and oxygen atoms in total. The quantitative estimate of drug-likeness (QED) is 0.523. The molecular formula is C17H13S3+. The van der Waals surface area contributed by atoms with E-state index < -0.39 is 0 Å². The molecule has 2 unspecified atom stereocenters. The van der Waals surface area contributed by atoms with Crippen LogP contribution in [0.1, 0.15) is 16.4 Å². The van der Waals surface area contributed by atoms with Gasteiger partial charge in [0.1, 0.15) is 26.8 Å². The second-order valence-electron chi connectivity index (χ2n) is 4.69. The fraction of sp³-hybridized carbons (Fsp3) is 0.0588. The van der Waals surface area contributed by atoms with Crippen LogP contribution in [0.5, 0.6) is 0 Å². The van der Waals surface area contributed by atoms with E-state index in [1.54, 1.807) is 0 Å². The molecule has 2 atom stereocenters. The lowest BCUT2D eigenvalue weighted by molar-refractivity contribution is 1.24. The van der Waals surface area contributed by atoms with Crippen LogP contribution in [-0.4, -0.2) is 0 Å². The number of benzene rings is 2. The molecule has 2 aromatic carbocycles. The predicted octanol–water partition coefficient (Wildman–Crippen LogP) is 5.59. The molecule has 4 rings (SSSR count). The van der Waals surface area contributed by atoms with E-state index in [-0.39, 0.29) is 8.96 Å². The van der Waals surface area contributed by atoms with Crippen molar-refractivity contribution in [3.05, 3.63) is 88.2 Å². The molecule has 0 N–H and O–H groups in total. The topological polar surface area (TPSA) is 0 Å². The van der Waals surface area contributed by atoms with Gasteiger partial charge in [0.15, 0.2) is 13.9 Å². The van der Waals surface area contributed by atoms with Gasteiger partial charge in [-0.1, -0.05) is 60.7 Å². The van der Waals surface area contributed by atoms with Crippen molar-refractivity contribution in [1.29, 1.82) is 0 Å². The SMILES string of the molecule is C1=C(c2ccccc2)C2=CC(c3ccccc3)S[S+]2S1. The Morgan fingerprint density at radius 1 is 0.850 bits per heavy atom. The molecule has 98 valence electrons. The summed E-state index contributed by atoms with van der Waals surface area (Å²) in [5.41, 5.74) is 4.18. The standard InChI is InChI=1S/C17H13S3/c1-3-7-13(8-4-1)15-12-18-20-17(15)11-16(19-20)14-9-5-2-6-10-14/h1-12,16H/q+1. The molecule has 20 heavy (non-hydrogen) atoms. The number of allylic oxidation sites excluding steroid dienone is 1. The first kappa shape index (κ1) is 12.7. The maximum Gasteiger partial charge on any atom is 0.187 e. The fourth-order valence-corrected chi connectivity index (χ4v) is 9.27. The number of hydrogen-bond acceptors (Lipinski definition) is 2. The van der Waals surface area contributed by atoms with Crippen LogP contribution in [0.25, 0.3) is 5.57 Å². The van der Waals surface area contributed by atoms with Crippen molar-refractivity contribution in [2.75, 3.05) is 0 Å². The smallest absolute Gasteiger partial charge is 0.0622 e. The van der Waals surface area contributed by atoms with Gasteiger partial charge in [-0.2, -0.15) is 0 Å². The van der Waals surface area contributed by atoms with Gasteiger partial charge in [0.05, 0.1) is 0 Å². The summed E-state index contributed by atoms with van der Waals surface area (Å²) < 4.78 is 0. The van der Waals surface area contributed by atoms with Crippen LogP contribution in [0.4, 0.5) is 0 Å². The van der Waals surface area contributed by atoms with Gasteiger partial charge in [-0.25, -0.2) is 0 Å². The van der Waals surface area contributed by atoms with Gasteiger partial charge in [-0.3, -0.25) is 0 Å². The summed E-state index contributed by atoms with van der Waals surface area (Å²) in [6, 6.07) is 21.6. The highest BCUT2D eigenvalue weighted by molar-refractivity contribution is 9.09. The van der Waals surface area contributed by atoms with E-state index in [1.165, 1.54) is 21.6 Å². The molecule has 2 aliphatic rings. The monoisotopic (exact) mass is 313 g/mol. The third-order valence-corrected chi connectivity index (χ3v) is 9.87. The highest BCUT2D eigenvalue weighted by Gasteiger charge is 2.46. The van der Waals surface area contributed by atoms with Crippen molar-refractivity contribution >= 4 is 36.1 Å². The largest absolute Gasteiger partial charge is 0.187 e. The summed E-state index contributed by atoms with van der Waals surface area (Å²) in [6.07, 6.45) is 2.46. The van der Waals surface area contributed by atoms with Crippen LogP contribution < -0.4 is 0 Å². The molecule has 0 aromatic heterocycles. The third-order valence-electron chi connectivity index (χ3n) is 3.41. The van der Waals surface area contributed by atoms with Gasteiger partial charge < -0.3 is 0 Å². The van der Waals surface area contributed by atoms with E-state index in [9.17, 15) is 0 Å². The van der Waals surface area contributed by atoms with Crippen molar-refractivity contribution in [2.24, 2.45) is 0 Å². The molecule has 2 heterocycles.